The van der Waals surface area contributed by atoms with Crippen LogP contribution in [0.15, 0.2) is 48.7 Å². The van der Waals surface area contributed by atoms with Gasteiger partial charge in [-0.2, -0.15) is 5.10 Å². The van der Waals surface area contributed by atoms with Crippen molar-refractivity contribution in [2.75, 3.05) is 25.5 Å². The van der Waals surface area contributed by atoms with Gasteiger partial charge in [-0.05, 0) is 55.5 Å². The van der Waals surface area contributed by atoms with Gasteiger partial charge < -0.3 is 15.0 Å². The first-order valence-electron chi connectivity index (χ1n) is 11.3. The maximum Gasteiger partial charge on any atom is 0.233 e. The molecule has 5 rings (SSSR count). The fourth-order valence-corrected chi connectivity index (χ4v) is 5.45. The van der Waals surface area contributed by atoms with Gasteiger partial charge in [-0.3, -0.25) is 9.89 Å². The van der Waals surface area contributed by atoms with Crippen molar-refractivity contribution in [2.24, 2.45) is 0 Å². The number of ether oxygens (including phenoxy) is 1. The second-order valence-electron chi connectivity index (χ2n) is 8.83. The summed E-state index contributed by atoms with van der Waals surface area (Å²) in [5.74, 6) is 1.14. The summed E-state index contributed by atoms with van der Waals surface area (Å²) < 4.78 is 5.33. The van der Waals surface area contributed by atoms with Crippen molar-refractivity contribution in [3.05, 3.63) is 54.2 Å². The van der Waals surface area contributed by atoms with Gasteiger partial charge in [-0.1, -0.05) is 31.0 Å². The summed E-state index contributed by atoms with van der Waals surface area (Å²) in [5, 5.41) is 11.8. The van der Waals surface area contributed by atoms with Crippen LogP contribution in [-0.4, -0.2) is 47.2 Å². The van der Waals surface area contributed by atoms with Crippen molar-refractivity contribution in [3.63, 3.8) is 0 Å². The Morgan fingerprint density at radius 2 is 2.00 bits per heavy atom. The number of rotatable bonds is 6. The summed E-state index contributed by atoms with van der Waals surface area (Å²) in [7, 11) is 1.68. The van der Waals surface area contributed by atoms with Crippen LogP contribution in [0.1, 0.15) is 44.1 Å². The van der Waals surface area contributed by atoms with Gasteiger partial charge in [0.15, 0.2) is 0 Å². The molecule has 3 aromatic rings. The van der Waals surface area contributed by atoms with Gasteiger partial charge in [0, 0.05) is 30.2 Å². The van der Waals surface area contributed by atoms with Crippen LogP contribution in [-0.2, 0) is 10.2 Å². The summed E-state index contributed by atoms with van der Waals surface area (Å²) in [5.41, 5.74) is 2.84. The van der Waals surface area contributed by atoms with Crippen molar-refractivity contribution in [3.8, 4) is 5.75 Å². The molecule has 1 saturated heterocycles. The Balaban J connectivity index is 1.36. The van der Waals surface area contributed by atoms with Gasteiger partial charge in [0.2, 0.25) is 5.91 Å². The SMILES string of the molecule is COc1ccc(C2(C(=O)N3CCC[C@@H]3CNc3cccc4[nH]ncc34)CCCC2)cc1. The first kappa shape index (κ1) is 19.9. The van der Waals surface area contributed by atoms with E-state index in [1.165, 1.54) is 0 Å². The number of fused-ring (bicyclic) bond motifs is 1. The molecule has 2 aromatic carbocycles. The topological polar surface area (TPSA) is 70.2 Å². The number of hydrogen-bond acceptors (Lipinski definition) is 4. The summed E-state index contributed by atoms with van der Waals surface area (Å²) in [4.78, 5) is 16.1. The van der Waals surface area contributed by atoms with Gasteiger partial charge in [0.05, 0.1) is 24.2 Å². The van der Waals surface area contributed by atoms with Gasteiger partial charge in [-0.25, -0.2) is 0 Å². The van der Waals surface area contributed by atoms with Crippen LogP contribution in [0.5, 0.6) is 5.75 Å². The molecule has 2 heterocycles. The monoisotopic (exact) mass is 418 g/mol. The van der Waals surface area contributed by atoms with E-state index in [2.05, 4.69) is 38.6 Å². The zero-order valence-corrected chi connectivity index (χ0v) is 18.1. The van der Waals surface area contributed by atoms with Crippen LogP contribution < -0.4 is 10.1 Å². The third kappa shape index (κ3) is 3.54. The lowest BCUT2D eigenvalue weighted by Gasteiger charge is -2.36. The number of likely N-dealkylation sites (tertiary alicyclic amines) is 1. The molecule has 2 N–H and O–H groups in total. The van der Waals surface area contributed by atoms with Crippen LogP contribution in [0.2, 0.25) is 0 Å². The van der Waals surface area contributed by atoms with E-state index < -0.39 is 0 Å². The fourth-order valence-electron chi connectivity index (χ4n) is 5.45. The van der Waals surface area contributed by atoms with Crippen LogP contribution in [0.3, 0.4) is 0 Å². The van der Waals surface area contributed by atoms with Crippen molar-refractivity contribution in [1.82, 2.24) is 15.1 Å². The molecule has 1 saturated carbocycles. The molecule has 0 spiro atoms. The Morgan fingerprint density at radius 3 is 2.77 bits per heavy atom. The Labute approximate surface area is 183 Å². The van der Waals surface area contributed by atoms with E-state index in [1.807, 2.05) is 30.5 Å². The second kappa shape index (κ2) is 8.25. The molecule has 0 radical (unpaired) electrons. The normalized spacial score (nSPS) is 20.3. The Kier molecular flexibility index (Phi) is 5.30. The number of anilines is 1. The smallest absolute Gasteiger partial charge is 0.233 e. The molecule has 1 aliphatic heterocycles. The minimum absolute atomic E-state index is 0.213. The van der Waals surface area contributed by atoms with E-state index in [9.17, 15) is 4.79 Å². The Bertz CT molecular complexity index is 1050. The number of hydrogen-bond donors (Lipinski definition) is 2. The average molecular weight is 419 g/mol. The largest absolute Gasteiger partial charge is 0.497 e. The lowest BCUT2D eigenvalue weighted by molar-refractivity contribution is -0.138. The average Bonchev–Trinajstić information content (AvgIpc) is 3.58. The van der Waals surface area contributed by atoms with E-state index in [0.29, 0.717) is 5.91 Å². The molecule has 0 unspecified atom stereocenters. The molecule has 1 atom stereocenters. The molecule has 2 aliphatic rings. The maximum absolute atomic E-state index is 14.0. The summed E-state index contributed by atoms with van der Waals surface area (Å²) in [6.45, 7) is 1.60. The third-order valence-corrected chi connectivity index (χ3v) is 7.16. The lowest BCUT2D eigenvalue weighted by Crippen LogP contribution is -2.49. The number of carbonyl (C=O) groups is 1. The van der Waals surface area contributed by atoms with E-state index in [0.717, 1.165) is 79.5 Å². The zero-order chi connectivity index (χ0) is 21.3. The van der Waals surface area contributed by atoms with E-state index in [-0.39, 0.29) is 11.5 Å². The molecule has 6 heteroatoms. The Hall–Kier alpha value is -3.02. The highest BCUT2D eigenvalue weighted by Crippen LogP contribution is 2.44. The maximum atomic E-state index is 14.0. The molecule has 1 aromatic heterocycles. The van der Waals surface area contributed by atoms with Crippen LogP contribution >= 0.6 is 0 Å². The van der Waals surface area contributed by atoms with Gasteiger partial charge in [0.1, 0.15) is 5.75 Å². The molecule has 162 valence electrons. The van der Waals surface area contributed by atoms with Crippen LogP contribution in [0.4, 0.5) is 5.69 Å². The molecule has 0 bridgehead atoms. The highest BCUT2D eigenvalue weighted by molar-refractivity contribution is 5.91. The lowest BCUT2D eigenvalue weighted by atomic mass is 9.77. The van der Waals surface area contributed by atoms with Crippen molar-refractivity contribution in [2.45, 2.75) is 50.0 Å². The number of carbonyl (C=O) groups excluding carboxylic acids is 1. The summed E-state index contributed by atoms with van der Waals surface area (Å²) in [6, 6.07) is 14.5. The van der Waals surface area contributed by atoms with Crippen LogP contribution in [0, 0.1) is 0 Å². The van der Waals surface area contributed by atoms with Crippen molar-refractivity contribution < 1.29 is 9.53 Å². The molecular formula is C25H30N4O2. The minimum atomic E-state index is -0.389. The number of methoxy groups -OCH3 is 1. The number of nitrogens with one attached hydrogen (secondary N) is 2. The summed E-state index contributed by atoms with van der Waals surface area (Å²) in [6.07, 6.45) is 8.04. The standard InChI is InChI=1S/C25H30N4O2/c1-31-20-11-9-18(10-12-20)25(13-2-3-14-25)24(30)29-15-5-6-19(29)16-26-22-7-4-8-23-21(22)17-27-28-23/h4,7-12,17,19,26H,2-3,5-6,13-16H2,1H3,(H,27,28)/t19-/m1/s1. The molecule has 1 amide bonds. The molecule has 6 nitrogen and oxygen atoms in total. The number of aromatic amines is 1. The fraction of sp³-hybridized carbons (Fsp3) is 0.440. The number of aromatic nitrogens is 2. The highest BCUT2D eigenvalue weighted by atomic mass is 16.5. The third-order valence-electron chi connectivity index (χ3n) is 7.16. The van der Waals surface area contributed by atoms with Gasteiger partial charge in [-0.15, -0.1) is 0 Å². The quantitative estimate of drug-likeness (QED) is 0.619. The molecular weight excluding hydrogens is 388 g/mol. The van der Waals surface area contributed by atoms with E-state index >= 15 is 0 Å². The highest BCUT2D eigenvalue weighted by Gasteiger charge is 2.47. The van der Waals surface area contributed by atoms with Gasteiger partial charge in [0.25, 0.3) is 0 Å². The predicted molar refractivity (Wildman–Crippen MR) is 122 cm³/mol. The Morgan fingerprint density at radius 1 is 1.19 bits per heavy atom. The first-order chi connectivity index (χ1) is 15.2. The number of H-pyrrole nitrogens is 1. The molecule has 2 fully saturated rings. The number of benzene rings is 2. The first-order valence-corrected chi connectivity index (χ1v) is 11.3. The number of nitrogens with zero attached hydrogens (tertiary/aromatic N) is 2. The van der Waals surface area contributed by atoms with E-state index in [1.54, 1.807) is 7.11 Å². The number of amides is 1. The molecule has 1 aliphatic carbocycles. The minimum Gasteiger partial charge on any atom is -0.497 e. The predicted octanol–water partition coefficient (Wildman–Crippen LogP) is 4.49. The van der Waals surface area contributed by atoms with Crippen LogP contribution in [0.25, 0.3) is 10.9 Å². The molecule has 31 heavy (non-hydrogen) atoms. The summed E-state index contributed by atoms with van der Waals surface area (Å²) >= 11 is 0. The van der Waals surface area contributed by atoms with E-state index in [4.69, 9.17) is 4.74 Å². The van der Waals surface area contributed by atoms with Crippen molar-refractivity contribution >= 4 is 22.5 Å². The van der Waals surface area contributed by atoms with Gasteiger partial charge >= 0.3 is 0 Å². The second-order valence-corrected chi connectivity index (χ2v) is 8.83. The van der Waals surface area contributed by atoms with Crippen molar-refractivity contribution in [1.29, 1.82) is 0 Å². The zero-order valence-electron chi connectivity index (χ0n) is 18.1.